The van der Waals surface area contributed by atoms with Crippen LogP contribution in [0, 0.1) is 0 Å². The van der Waals surface area contributed by atoms with Gasteiger partial charge >= 0.3 is 0 Å². The Morgan fingerprint density at radius 3 is 3.00 bits per heavy atom. The number of nitrogens with one attached hydrogen (secondary N) is 1. The highest BCUT2D eigenvalue weighted by molar-refractivity contribution is 7.99. The second kappa shape index (κ2) is 6.65. The van der Waals surface area contributed by atoms with Crippen LogP contribution in [0.25, 0.3) is 10.2 Å². The molecule has 23 heavy (non-hydrogen) atoms. The van der Waals surface area contributed by atoms with E-state index in [2.05, 4.69) is 10.3 Å². The molecule has 124 valence electrons. The number of nitrogens with zero attached hydrogens (tertiary/aromatic N) is 2. The normalized spacial score (nSPS) is 14.9. The fourth-order valence-electron chi connectivity index (χ4n) is 2.78. The molecule has 0 radical (unpaired) electrons. The number of aryl methyl sites for hydroxylation is 2. The summed E-state index contributed by atoms with van der Waals surface area (Å²) in [6, 6.07) is 0.169. The monoisotopic (exact) mass is 351 g/mol. The van der Waals surface area contributed by atoms with Gasteiger partial charge in [0.05, 0.1) is 11.1 Å². The second-order valence-corrected chi connectivity index (χ2v) is 7.99. The number of aromatic nitrogens is 2. The maximum atomic E-state index is 12.7. The molecule has 5 nitrogen and oxygen atoms in total. The Labute approximate surface area is 143 Å². The van der Waals surface area contributed by atoms with Gasteiger partial charge in [-0.25, -0.2) is 4.98 Å². The lowest BCUT2D eigenvalue weighted by atomic mass is 10.2. The molecule has 3 rings (SSSR count). The van der Waals surface area contributed by atoms with Crippen LogP contribution in [0.3, 0.4) is 0 Å². The molecule has 1 unspecified atom stereocenters. The van der Waals surface area contributed by atoms with E-state index in [-0.39, 0.29) is 23.3 Å². The van der Waals surface area contributed by atoms with E-state index in [1.165, 1.54) is 22.2 Å². The SMILES string of the molecule is CCC(C)NC(=O)CSc1nc2sc3c(c2c(=O)n1C)CCC3. The molecule has 0 bridgehead atoms. The molecular formula is C16H21N3O2S2. The Kier molecular flexibility index (Phi) is 4.77. The minimum absolute atomic E-state index is 0.0132. The van der Waals surface area contributed by atoms with Crippen LogP contribution in [0.1, 0.15) is 37.1 Å². The first kappa shape index (κ1) is 16.5. The lowest BCUT2D eigenvalue weighted by Gasteiger charge is -2.11. The van der Waals surface area contributed by atoms with Gasteiger partial charge in [0.15, 0.2) is 5.16 Å². The van der Waals surface area contributed by atoms with E-state index in [4.69, 9.17) is 0 Å². The van der Waals surface area contributed by atoms with Gasteiger partial charge in [0, 0.05) is 18.0 Å². The quantitative estimate of drug-likeness (QED) is 0.664. The first-order chi connectivity index (χ1) is 11.0. The van der Waals surface area contributed by atoms with Gasteiger partial charge < -0.3 is 5.32 Å². The van der Waals surface area contributed by atoms with E-state index in [9.17, 15) is 9.59 Å². The topological polar surface area (TPSA) is 64.0 Å². The van der Waals surface area contributed by atoms with E-state index >= 15 is 0 Å². The van der Waals surface area contributed by atoms with Crippen molar-refractivity contribution in [3.05, 3.63) is 20.8 Å². The van der Waals surface area contributed by atoms with E-state index in [1.54, 1.807) is 23.0 Å². The van der Waals surface area contributed by atoms with Crippen LogP contribution in [-0.4, -0.2) is 27.3 Å². The number of carbonyl (C=O) groups is 1. The van der Waals surface area contributed by atoms with Crippen molar-refractivity contribution in [2.75, 3.05) is 5.75 Å². The summed E-state index contributed by atoms with van der Waals surface area (Å²) in [5, 5.41) is 4.33. The van der Waals surface area contributed by atoms with Crippen LogP contribution in [0.2, 0.25) is 0 Å². The van der Waals surface area contributed by atoms with Gasteiger partial charge in [0.1, 0.15) is 4.83 Å². The summed E-state index contributed by atoms with van der Waals surface area (Å²) in [5.41, 5.74) is 1.21. The molecule has 0 spiro atoms. The second-order valence-electron chi connectivity index (χ2n) is 5.96. The van der Waals surface area contributed by atoms with Crippen molar-refractivity contribution in [2.45, 2.75) is 50.7 Å². The van der Waals surface area contributed by atoms with Gasteiger partial charge in [-0.2, -0.15) is 0 Å². The molecular weight excluding hydrogens is 330 g/mol. The van der Waals surface area contributed by atoms with Crippen molar-refractivity contribution < 1.29 is 4.79 Å². The molecule has 2 heterocycles. The molecule has 2 aromatic heterocycles. The van der Waals surface area contributed by atoms with Gasteiger partial charge in [0.25, 0.3) is 5.56 Å². The van der Waals surface area contributed by atoms with E-state index in [1.807, 2.05) is 13.8 Å². The fourth-order valence-corrected chi connectivity index (χ4v) is 4.87. The Bertz CT molecular complexity index is 810. The minimum atomic E-state index is -0.0210. The van der Waals surface area contributed by atoms with Gasteiger partial charge in [-0.15, -0.1) is 11.3 Å². The first-order valence-electron chi connectivity index (χ1n) is 7.94. The summed E-state index contributed by atoms with van der Waals surface area (Å²) in [4.78, 5) is 31.3. The lowest BCUT2D eigenvalue weighted by Crippen LogP contribution is -2.33. The van der Waals surface area contributed by atoms with Crippen LogP contribution in [0.4, 0.5) is 0 Å². The van der Waals surface area contributed by atoms with Crippen molar-refractivity contribution in [2.24, 2.45) is 7.05 Å². The Hall–Kier alpha value is -1.34. The maximum absolute atomic E-state index is 12.7. The Balaban J connectivity index is 1.84. The zero-order chi connectivity index (χ0) is 16.6. The molecule has 0 saturated heterocycles. The predicted octanol–water partition coefficient (Wildman–Crippen LogP) is 2.49. The number of carbonyl (C=O) groups excluding carboxylic acids is 1. The molecule has 0 aliphatic heterocycles. The summed E-state index contributed by atoms with van der Waals surface area (Å²) in [6.45, 7) is 4.02. The van der Waals surface area contributed by atoms with E-state index in [0.717, 1.165) is 35.9 Å². The summed E-state index contributed by atoms with van der Waals surface area (Å²) < 4.78 is 1.58. The molecule has 1 atom stereocenters. The standard InChI is InChI=1S/C16H21N3O2S2/c1-4-9(2)17-12(20)8-22-16-18-14-13(15(21)19(16)3)10-6-5-7-11(10)23-14/h9H,4-8H2,1-3H3,(H,17,20). The molecule has 1 N–H and O–H groups in total. The largest absolute Gasteiger partial charge is 0.353 e. The zero-order valence-corrected chi connectivity index (χ0v) is 15.3. The van der Waals surface area contributed by atoms with Gasteiger partial charge in [-0.3, -0.25) is 14.2 Å². The van der Waals surface area contributed by atoms with Crippen LogP contribution in [-0.2, 0) is 24.7 Å². The van der Waals surface area contributed by atoms with Crippen LogP contribution in [0.15, 0.2) is 9.95 Å². The van der Waals surface area contributed by atoms with E-state index < -0.39 is 0 Å². The highest BCUT2D eigenvalue weighted by atomic mass is 32.2. The van der Waals surface area contributed by atoms with Gasteiger partial charge in [-0.1, -0.05) is 18.7 Å². The van der Waals surface area contributed by atoms with Crippen molar-refractivity contribution in [1.82, 2.24) is 14.9 Å². The maximum Gasteiger partial charge on any atom is 0.262 e. The third kappa shape index (κ3) is 3.17. The summed E-state index contributed by atoms with van der Waals surface area (Å²) in [6.07, 6.45) is 4.07. The number of thiophene rings is 1. The fraction of sp³-hybridized carbons (Fsp3) is 0.562. The third-order valence-electron chi connectivity index (χ3n) is 4.26. The molecule has 7 heteroatoms. The molecule has 0 fully saturated rings. The smallest absolute Gasteiger partial charge is 0.262 e. The highest BCUT2D eigenvalue weighted by Crippen LogP contribution is 2.35. The first-order valence-corrected chi connectivity index (χ1v) is 9.75. The van der Waals surface area contributed by atoms with Crippen molar-refractivity contribution >= 4 is 39.2 Å². The number of rotatable bonds is 5. The molecule has 0 aromatic carbocycles. The Morgan fingerprint density at radius 2 is 2.26 bits per heavy atom. The van der Waals surface area contributed by atoms with E-state index in [0.29, 0.717) is 5.16 Å². The van der Waals surface area contributed by atoms with Crippen molar-refractivity contribution in [3.8, 4) is 0 Å². The molecule has 2 aromatic rings. The van der Waals surface area contributed by atoms with Crippen molar-refractivity contribution in [1.29, 1.82) is 0 Å². The predicted molar refractivity (Wildman–Crippen MR) is 95.5 cm³/mol. The molecule has 1 aliphatic carbocycles. The lowest BCUT2D eigenvalue weighted by molar-refractivity contribution is -0.119. The minimum Gasteiger partial charge on any atom is -0.353 e. The number of amides is 1. The average molecular weight is 351 g/mol. The molecule has 1 aliphatic rings. The summed E-state index contributed by atoms with van der Waals surface area (Å²) in [5.74, 6) is 0.258. The van der Waals surface area contributed by atoms with Crippen molar-refractivity contribution in [3.63, 3.8) is 0 Å². The highest BCUT2D eigenvalue weighted by Gasteiger charge is 2.22. The van der Waals surface area contributed by atoms with Crippen LogP contribution in [0.5, 0.6) is 0 Å². The number of fused-ring (bicyclic) bond motifs is 3. The number of hydrogen-bond acceptors (Lipinski definition) is 5. The third-order valence-corrected chi connectivity index (χ3v) is 6.47. The number of thioether (sulfide) groups is 1. The van der Waals surface area contributed by atoms with Gasteiger partial charge in [0.2, 0.25) is 5.91 Å². The number of hydrogen-bond donors (Lipinski definition) is 1. The molecule has 1 amide bonds. The summed E-state index contributed by atoms with van der Waals surface area (Å²) >= 11 is 2.96. The zero-order valence-electron chi connectivity index (χ0n) is 13.6. The van der Waals surface area contributed by atoms with Gasteiger partial charge in [-0.05, 0) is 38.2 Å². The summed E-state index contributed by atoms with van der Waals surface area (Å²) in [7, 11) is 1.74. The Morgan fingerprint density at radius 1 is 1.48 bits per heavy atom. The van der Waals surface area contributed by atoms with Crippen LogP contribution < -0.4 is 10.9 Å². The van der Waals surface area contributed by atoms with Crippen LogP contribution >= 0.6 is 23.1 Å². The molecule has 0 saturated carbocycles. The average Bonchev–Trinajstić information content (AvgIpc) is 3.09.